The lowest BCUT2D eigenvalue weighted by Gasteiger charge is -2.21. The zero-order valence-electron chi connectivity index (χ0n) is 15.3. The summed E-state index contributed by atoms with van der Waals surface area (Å²) in [4.78, 5) is 15.0. The van der Waals surface area contributed by atoms with E-state index < -0.39 is 9.84 Å². The van der Waals surface area contributed by atoms with E-state index in [0.717, 1.165) is 19.1 Å². The SMILES string of the molecule is CC(C)Oc1ccc(S(C)(=O)=O)cc1C(=O)N1CC2CCC(N)C2C1.Cl. The summed E-state index contributed by atoms with van der Waals surface area (Å²) >= 11 is 0. The van der Waals surface area contributed by atoms with Crippen molar-refractivity contribution >= 4 is 28.2 Å². The Bertz CT molecular complexity index is 781. The third-order valence-corrected chi connectivity index (χ3v) is 6.28. The van der Waals surface area contributed by atoms with Crippen molar-refractivity contribution in [2.75, 3.05) is 19.3 Å². The van der Waals surface area contributed by atoms with E-state index in [2.05, 4.69) is 0 Å². The van der Waals surface area contributed by atoms with Gasteiger partial charge in [0, 0.05) is 25.4 Å². The molecule has 1 aliphatic heterocycles. The highest BCUT2D eigenvalue weighted by Gasteiger charge is 2.43. The van der Waals surface area contributed by atoms with E-state index in [1.54, 1.807) is 11.0 Å². The van der Waals surface area contributed by atoms with E-state index in [1.165, 1.54) is 12.1 Å². The summed E-state index contributed by atoms with van der Waals surface area (Å²) in [5, 5.41) is 0. The van der Waals surface area contributed by atoms with Crippen LogP contribution in [0.5, 0.6) is 5.75 Å². The molecule has 0 spiro atoms. The molecule has 1 aliphatic carbocycles. The average molecular weight is 403 g/mol. The summed E-state index contributed by atoms with van der Waals surface area (Å²) in [6.45, 7) is 5.06. The molecule has 6 nitrogen and oxygen atoms in total. The molecular weight excluding hydrogens is 376 g/mol. The standard InChI is InChI=1S/C18H26N2O4S.ClH/c1-11(2)24-17-7-5-13(25(3,22)23)8-14(17)18(21)20-9-12-4-6-16(19)15(12)10-20;/h5,7-8,11-12,15-16H,4,6,9-10,19H2,1-3H3;1H. The van der Waals surface area contributed by atoms with Crippen LogP contribution in [0.25, 0.3) is 0 Å². The second-order valence-electron chi connectivity index (χ2n) is 7.47. The molecule has 2 aliphatic rings. The number of fused-ring (bicyclic) bond motifs is 1. The van der Waals surface area contributed by atoms with Crippen molar-refractivity contribution in [2.24, 2.45) is 17.6 Å². The van der Waals surface area contributed by atoms with Gasteiger partial charge in [-0.2, -0.15) is 0 Å². The monoisotopic (exact) mass is 402 g/mol. The van der Waals surface area contributed by atoms with E-state index in [1.807, 2.05) is 13.8 Å². The number of hydrogen-bond acceptors (Lipinski definition) is 5. The number of rotatable bonds is 4. The molecule has 3 rings (SSSR count). The van der Waals surface area contributed by atoms with Gasteiger partial charge in [-0.15, -0.1) is 12.4 Å². The van der Waals surface area contributed by atoms with Gasteiger partial charge in [-0.05, 0) is 56.7 Å². The number of carbonyl (C=O) groups is 1. The van der Waals surface area contributed by atoms with Gasteiger partial charge in [0.05, 0.1) is 16.6 Å². The van der Waals surface area contributed by atoms with Crippen LogP contribution < -0.4 is 10.5 Å². The Kier molecular flexibility index (Phi) is 6.25. The van der Waals surface area contributed by atoms with Crippen LogP contribution in [-0.2, 0) is 9.84 Å². The van der Waals surface area contributed by atoms with Gasteiger partial charge < -0.3 is 15.4 Å². The Balaban J connectivity index is 0.00000243. The van der Waals surface area contributed by atoms with Crippen molar-refractivity contribution in [3.05, 3.63) is 23.8 Å². The molecule has 26 heavy (non-hydrogen) atoms. The zero-order valence-corrected chi connectivity index (χ0v) is 17.0. The van der Waals surface area contributed by atoms with Gasteiger partial charge in [0.2, 0.25) is 0 Å². The van der Waals surface area contributed by atoms with Crippen LogP contribution in [0.2, 0.25) is 0 Å². The minimum absolute atomic E-state index is 0. The van der Waals surface area contributed by atoms with Gasteiger partial charge in [-0.3, -0.25) is 4.79 Å². The fourth-order valence-corrected chi connectivity index (χ4v) is 4.55. The van der Waals surface area contributed by atoms with Crippen molar-refractivity contribution in [1.29, 1.82) is 0 Å². The number of nitrogens with two attached hydrogens (primary N) is 1. The predicted molar refractivity (Wildman–Crippen MR) is 103 cm³/mol. The maximum absolute atomic E-state index is 13.1. The summed E-state index contributed by atoms with van der Waals surface area (Å²) in [6, 6.07) is 4.64. The molecule has 0 bridgehead atoms. The Morgan fingerprint density at radius 1 is 1.27 bits per heavy atom. The van der Waals surface area contributed by atoms with Crippen molar-refractivity contribution in [3.8, 4) is 5.75 Å². The number of nitrogens with zero attached hydrogens (tertiary/aromatic N) is 1. The molecule has 1 heterocycles. The number of ether oxygens (including phenoxy) is 1. The van der Waals surface area contributed by atoms with Gasteiger partial charge in [-0.1, -0.05) is 0 Å². The Labute approximate surface area is 161 Å². The quantitative estimate of drug-likeness (QED) is 0.832. The first-order chi connectivity index (χ1) is 11.7. The molecule has 1 aromatic carbocycles. The first kappa shape index (κ1) is 21.0. The second-order valence-corrected chi connectivity index (χ2v) is 9.49. The number of likely N-dealkylation sites (tertiary alicyclic amines) is 1. The molecule has 146 valence electrons. The largest absolute Gasteiger partial charge is 0.490 e. The van der Waals surface area contributed by atoms with Gasteiger partial charge in [0.15, 0.2) is 9.84 Å². The normalized spacial score (nSPS) is 25.1. The van der Waals surface area contributed by atoms with E-state index >= 15 is 0 Å². The van der Waals surface area contributed by atoms with E-state index in [0.29, 0.717) is 36.2 Å². The second kappa shape index (κ2) is 7.74. The average Bonchev–Trinajstić information content (AvgIpc) is 3.08. The van der Waals surface area contributed by atoms with E-state index in [4.69, 9.17) is 10.5 Å². The lowest BCUT2D eigenvalue weighted by atomic mass is 9.98. The maximum atomic E-state index is 13.1. The highest BCUT2D eigenvalue weighted by atomic mass is 35.5. The predicted octanol–water partition coefficient (Wildman–Crippen LogP) is 2.11. The van der Waals surface area contributed by atoms with Crippen LogP contribution in [0.1, 0.15) is 37.0 Å². The van der Waals surface area contributed by atoms with Crippen LogP contribution in [-0.4, -0.2) is 50.7 Å². The third-order valence-electron chi connectivity index (χ3n) is 5.17. The number of halogens is 1. The van der Waals surface area contributed by atoms with Crippen LogP contribution in [0.4, 0.5) is 0 Å². The summed E-state index contributed by atoms with van der Waals surface area (Å²) in [6.07, 6.45) is 3.09. The van der Waals surface area contributed by atoms with Crippen LogP contribution in [0.15, 0.2) is 23.1 Å². The van der Waals surface area contributed by atoms with Crippen molar-refractivity contribution in [3.63, 3.8) is 0 Å². The van der Waals surface area contributed by atoms with Crippen LogP contribution >= 0.6 is 12.4 Å². The fourth-order valence-electron chi connectivity index (χ4n) is 3.91. The minimum atomic E-state index is -3.40. The number of carbonyl (C=O) groups excluding carboxylic acids is 1. The van der Waals surface area contributed by atoms with Gasteiger partial charge in [0.1, 0.15) is 5.75 Å². The smallest absolute Gasteiger partial charge is 0.257 e. The molecular formula is C18H27ClN2O4S. The molecule has 1 saturated carbocycles. The van der Waals surface area contributed by atoms with Crippen LogP contribution in [0.3, 0.4) is 0 Å². The first-order valence-electron chi connectivity index (χ1n) is 8.72. The third kappa shape index (κ3) is 4.15. The molecule has 0 aromatic heterocycles. The summed E-state index contributed by atoms with van der Waals surface area (Å²) in [5.74, 6) is 1.04. The highest BCUT2D eigenvalue weighted by Crippen LogP contribution is 2.38. The van der Waals surface area contributed by atoms with E-state index in [9.17, 15) is 13.2 Å². The zero-order chi connectivity index (χ0) is 18.4. The molecule has 8 heteroatoms. The molecule has 3 unspecified atom stereocenters. The maximum Gasteiger partial charge on any atom is 0.257 e. The number of sulfone groups is 1. The molecule has 0 radical (unpaired) electrons. The van der Waals surface area contributed by atoms with Crippen molar-refractivity contribution in [1.82, 2.24) is 4.90 Å². The molecule has 3 atom stereocenters. The lowest BCUT2D eigenvalue weighted by molar-refractivity contribution is 0.0773. The molecule has 2 N–H and O–H groups in total. The Hall–Kier alpha value is -1.31. The molecule has 1 aromatic rings. The molecule has 1 amide bonds. The summed E-state index contributed by atoms with van der Waals surface area (Å²) < 4.78 is 29.5. The van der Waals surface area contributed by atoms with Crippen molar-refractivity contribution < 1.29 is 17.9 Å². The van der Waals surface area contributed by atoms with Crippen LogP contribution in [0, 0.1) is 11.8 Å². The van der Waals surface area contributed by atoms with Gasteiger partial charge >= 0.3 is 0 Å². The van der Waals surface area contributed by atoms with Gasteiger partial charge in [0.25, 0.3) is 5.91 Å². The molecule has 2 fully saturated rings. The highest BCUT2D eigenvalue weighted by molar-refractivity contribution is 7.90. The van der Waals surface area contributed by atoms with Crippen molar-refractivity contribution in [2.45, 2.75) is 43.7 Å². The Morgan fingerprint density at radius 2 is 1.96 bits per heavy atom. The number of hydrogen-bond donors (Lipinski definition) is 1. The fraction of sp³-hybridized carbons (Fsp3) is 0.611. The summed E-state index contributed by atoms with van der Waals surface area (Å²) in [7, 11) is -3.40. The van der Waals surface area contributed by atoms with Gasteiger partial charge in [-0.25, -0.2) is 8.42 Å². The number of amides is 1. The summed E-state index contributed by atoms with van der Waals surface area (Å²) in [5.41, 5.74) is 6.47. The van der Waals surface area contributed by atoms with E-state index in [-0.39, 0.29) is 35.4 Å². The topological polar surface area (TPSA) is 89.7 Å². The Morgan fingerprint density at radius 3 is 2.54 bits per heavy atom. The lowest BCUT2D eigenvalue weighted by Crippen LogP contribution is -2.33. The minimum Gasteiger partial charge on any atom is -0.490 e. The first-order valence-corrected chi connectivity index (χ1v) is 10.6. The molecule has 1 saturated heterocycles. The number of benzene rings is 1.